The number of carboxylic acids is 1. The highest BCUT2D eigenvalue weighted by Gasteiger charge is 2.12. The van der Waals surface area contributed by atoms with E-state index < -0.39 is 12.0 Å². The van der Waals surface area contributed by atoms with Gasteiger partial charge in [0, 0.05) is 5.56 Å². The number of nitrogens with two attached hydrogens (primary N) is 1. The van der Waals surface area contributed by atoms with Crippen LogP contribution in [0.3, 0.4) is 0 Å². The van der Waals surface area contributed by atoms with Crippen molar-refractivity contribution in [3.05, 3.63) is 90.6 Å². The third-order valence-electron chi connectivity index (χ3n) is 4.60. The molecule has 30 heavy (non-hydrogen) atoms. The van der Waals surface area contributed by atoms with Gasteiger partial charge in [-0.2, -0.15) is 0 Å². The molecule has 7 nitrogen and oxygen atoms in total. The number of para-hydroxylation sites is 1. The summed E-state index contributed by atoms with van der Waals surface area (Å²) < 4.78 is 7.48. The van der Waals surface area contributed by atoms with Crippen LogP contribution in [-0.2, 0) is 11.2 Å². The van der Waals surface area contributed by atoms with Crippen molar-refractivity contribution >= 4 is 5.97 Å². The lowest BCUT2D eigenvalue weighted by atomic mass is 10.1. The molecule has 0 aliphatic rings. The summed E-state index contributed by atoms with van der Waals surface area (Å²) in [5.41, 5.74) is 8.91. The van der Waals surface area contributed by atoms with E-state index in [-0.39, 0.29) is 6.42 Å². The molecular weight excluding hydrogens is 380 g/mol. The zero-order valence-electron chi connectivity index (χ0n) is 16.1. The van der Waals surface area contributed by atoms with E-state index in [2.05, 4.69) is 10.3 Å². The Morgan fingerprint density at radius 1 is 0.967 bits per heavy atom. The molecule has 3 aromatic carbocycles. The van der Waals surface area contributed by atoms with E-state index >= 15 is 0 Å². The van der Waals surface area contributed by atoms with Crippen LogP contribution in [0, 0.1) is 0 Å². The standard InChI is InChI=1S/C23H20N4O3/c24-21(23(28)29)14-16-6-10-18(11-7-16)27-15-22(25-26-27)17-8-12-20(13-9-17)30-19-4-2-1-3-5-19/h1-13,15,21H,14,24H2,(H,28,29). The smallest absolute Gasteiger partial charge is 0.320 e. The second-order valence-electron chi connectivity index (χ2n) is 6.80. The van der Waals surface area contributed by atoms with Crippen LogP contribution < -0.4 is 10.5 Å². The second kappa shape index (κ2) is 8.59. The Morgan fingerprint density at radius 2 is 1.63 bits per heavy atom. The van der Waals surface area contributed by atoms with Crippen LogP contribution in [0.25, 0.3) is 16.9 Å². The van der Waals surface area contributed by atoms with Gasteiger partial charge in [-0.15, -0.1) is 5.10 Å². The number of carboxylic acid groups (broad SMARTS) is 1. The molecule has 0 fully saturated rings. The van der Waals surface area contributed by atoms with E-state index in [4.69, 9.17) is 15.6 Å². The van der Waals surface area contributed by atoms with Crippen LogP contribution in [0.2, 0.25) is 0 Å². The van der Waals surface area contributed by atoms with E-state index in [1.165, 1.54) is 0 Å². The minimum Gasteiger partial charge on any atom is -0.480 e. The minimum atomic E-state index is -1.01. The average Bonchev–Trinajstić information content (AvgIpc) is 3.26. The second-order valence-corrected chi connectivity index (χ2v) is 6.80. The highest BCUT2D eigenvalue weighted by atomic mass is 16.5. The highest BCUT2D eigenvalue weighted by Crippen LogP contribution is 2.25. The maximum atomic E-state index is 10.9. The van der Waals surface area contributed by atoms with Crippen molar-refractivity contribution in [1.29, 1.82) is 0 Å². The van der Waals surface area contributed by atoms with Crippen molar-refractivity contribution in [2.45, 2.75) is 12.5 Å². The van der Waals surface area contributed by atoms with Gasteiger partial charge in [0.1, 0.15) is 23.2 Å². The van der Waals surface area contributed by atoms with Crippen molar-refractivity contribution < 1.29 is 14.6 Å². The molecule has 1 aromatic heterocycles. The molecule has 3 N–H and O–H groups in total. The lowest BCUT2D eigenvalue weighted by Crippen LogP contribution is -2.32. The molecule has 7 heteroatoms. The Hall–Kier alpha value is -3.97. The number of hydrogen-bond acceptors (Lipinski definition) is 5. The Balaban J connectivity index is 1.45. The number of rotatable bonds is 7. The van der Waals surface area contributed by atoms with Gasteiger partial charge in [0.05, 0.1) is 11.9 Å². The molecular formula is C23H20N4O3. The van der Waals surface area contributed by atoms with Crippen molar-refractivity contribution in [2.24, 2.45) is 5.73 Å². The number of hydrogen-bond donors (Lipinski definition) is 2. The summed E-state index contributed by atoms with van der Waals surface area (Å²) >= 11 is 0. The van der Waals surface area contributed by atoms with E-state index in [1.54, 1.807) is 4.68 Å². The lowest BCUT2D eigenvalue weighted by molar-refractivity contribution is -0.138. The fraction of sp³-hybridized carbons (Fsp3) is 0.0870. The quantitative estimate of drug-likeness (QED) is 0.490. The molecule has 0 radical (unpaired) electrons. The maximum Gasteiger partial charge on any atom is 0.320 e. The third-order valence-corrected chi connectivity index (χ3v) is 4.60. The van der Waals surface area contributed by atoms with Gasteiger partial charge < -0.3 is 15.6 Å². The predicted octanol–water partition coefficient (Wildman–Crippen LogP) is 3.68. The van der Waals surface area contributed by atoms with Crippen LogP contribution in [0.1, 0.15) is 5.56 Å². The number of nitrogens with zero attached hydrogens (tertiary/aromatic N) is 3. The van der Waals surface area contributed by atoms with Crippen molar-refractivity contribution in [3.63, 3.8) is 0 Å². The van der Waals surface area contributed by atoms with Gasteiger partial charge >= 0.3 is 5.97 Å². The Bertz CT molecular complexity index is 1120. The normalized spacial score (nSPS) is 11.8. The molecule has 0 bridgehead atoms. The summed E-state index contributed by atoms with van der Waals surface area (Å²) in [4.78, 5) is 10.9. The molecule has 4 rings (SSSR count). The SMILES string of the molecule is NC(Cc1ccc(-n2cc(-c3ccc(Oc4ccccc4)cc3)nn2)cc1)C(=O)O. The van der Waals surface area contributed by atoms with E-state index in [0.717, 1.165) is 34.0 Å². The fourth-order valence-corrected chi connectivity index (χ4v) is 2.97. The van der Waals surface area contributed by atoms with E-state index in [1.807, 2.05) is 85.1 Å². The van der Waals surface area contributed by atoms with E-state index in [9.17, 15) is 4.79 Å². The molecule has 150 valence electrons. The zero-order chi connectivity index (χ0) is 20.9. The van der Waals surface area contributed by atoms with Gasteiger partial charge in [-0.1, -0.05) is 35.5 Å². The van der Waals surface area contributed by atoms with Crippen molar-refractivity contribution in [3.8, 4) is 28.4 Å². The molecule has 1 heterocycles. The van der Waals surface area contributed by atoms with Gasteiger partial charge in [0.2, 0.25) is 0 Å². The van der Waals surface area contributed by atoms with Crippen molar-refractivity contribution in [1.82, 2.24) is 15.0 Å². The number of aliphatic carboxylic acids is 1. The summed E-state index contributed by atoms with van der Waals surface area (Å²) in [6.07, 6.45) is 2.11. The van der Waals surface area contributed by atoms with Gasteiger partial charge in [-0.25, -0.2) is 4.68 Å². The number of aromatic nitrogens is 3. The molecule has 0 spiro atoms. The van der Waals surface area contributed by atoms with Gasteiger partial charge in [0.25, 0.3) is 0 Å². The largest absolute Gasteiger partial charge is 0.480 e. The Morgan fingerprint density at radius 3 is 2.30 bits per heavy atom. The van der Waals surface area contributed by atoms with Crippen LogP contribution in [0.5, 0.6) is 11.5 Å². The topological polar surface area (TPSA) is 103 Å². The minimum absolute atomic E-state index is 0.273. The highest BCUT2D eigenvalue weighted by molar-refractivity contribution is 5.73. The number of benzene rings is 3. The number of carbonyl (C=O) groups is 1. The van der Waals surface area contributed by atoms with Gasteiger partial charge in [-0.05, 0) is 60.5 Å². The average molecular weight is 400 g/mol. The summed E-state index contributed by atoms with van der Waals surface area (Å²) in [5, 5.41) is 17.4. The molecule has 1 atom stereocenters. The Kier molecular flexibility index (Phi) is 5.54. The van der Waals surface area contributed by atoms with Crippen LogP contribution in [0.15, 0.2) is 85.1 Å². The third kappa shape index (κ3) is 4.53. The first-order valence-corrected chi connectivity index (χ1v) is 9.42. The first kappa shape index (κ1) is 19.4. The monoisotopic (exact) mass is 400 g/mol. The summed E-state index contributed by atoms with van der Waals surface area (Å²) in [6.45, 7) is 0. The molecule has 0 aliphatic carbocycles. The van der Waals surface area contributed by atoms with Gasteiger partial charge in [-0.3, -0.25) is 4.79 Å². The molecule has 1 unspecified atom stereocenters. The van der Waals surface area contributed by atoms with Crippen molar-refractivity contribution in [2.75, 3.05) is 0 Å². The summed E-state index contributed by atoms with van der Waals surface area (Å²) in [7, 11) is 0. The van der Waals surface area contributed by atoms with Crippen LogP contribution in [0.4, 0.5) is 0 Å². The van der Waals surface area contributed by atoms with E-state index in [0.29, 0.717) is 0 Å². The molecule has 0 aliphatic heterocycles. The maximum absolute atomic E-state index is 10.9. The number of ether oxygens (including phenoxy) is 1. The molecule has 0 amide bonds. The first-order valence-electron chi connectivity index (χ1n) is 9.42. The zero-order valence-corrected chi connectivity index (χ0v) is 16.1. The van der Waals surface area contributed by atoms with Crippen LogP contribution in [-0.4, -0.2) is 32.1 Å². The summed E-state index contributed by atoms with van der Waals surface area (Å²) in [5.74, 6) is 0.511. The lowest BCUT2D eigenvalue weighted by Gasteiger charge is -2.07. The first-order chi connectivity index (χ1) is 14.6. The molecule has 0 saturated carbocycles. The predicted molar refractivity (Wildman–Crippen MR) is 113 cm³/mol. The van der Waals surface area contributed by atoms with Crippen LogP contribution >= 0.6 is 0 Å². The molecule has 0 saturated heterocycles. The van der Waals surface area contributed by atoms with Gasteiger partial charge in [0.15, 0.2) is 0 Å². The Labute approximate surface area is 173 Å². The summed E-state index contributed by atoms with van der Waals surface area (Å²) in [6, 6.07) is 23.7. The fourth-order valence-electron chi connectivity index (χ4n) is 2.97. The molecule has 4 aromatic rings.